The second-order valence-corrected chi connectivity index (χ2v) is 13.8. The Balaban J connectivity index is 0.00000109. The molecule has 0 amide bonds. The number of allylic oxidation sites excluding steroid dienone is 1. The topological polar surface area (TPSA) is 21.1 Å². The van der Waals surface area contributed by atoms with Gasteiger partial charge in [0.2, 0.25) is 0 Å². The lowest BCUT2D eigenvalue weighted by molar-refractivity contribution is 0.321. The van der Waals surface area contributed by atoms with E-state index in [9.17, 15) is 0 Å². The monoisotopic (exact) mass is 705 g/mol. The van der Waals surface area contributed by atoms with Crippen LogP contribution in [0.5, 0.6) is 0 Å². The molecule has 3 nitrogen and oxygen atoms in total. The van der Waals surface area contributed by atoms with Crippen molar-refractivity contribution in [2.75, 3.05) is 14.1 Å². The summed E-state index contributed by atoms with van der Waals surface area (Å²) in [5.41, 5.74) is 14.8. The van der Waals surface area contributed by atoms with Gasteiger partial charge in [-0.15, -0.1) is 0 Å². The highest BCUT2D eigenvalue weighted by atomic mass is 15.1. The zero-order valence-electron chi connectivity index (χ0n) is 32.8. The summed E-state index contributed by atoms with van der Waals surface area (Å²) in [6.45, 7) is 10.3. The minimum absolute atomic E-state index is 0.240. The molecule has 0 bridgehead atoms. The van der Waals surface area contributed by atoms with Crippen LogP contribution in [0, 0.1) is 0 Å². The predicted molar refractivity (Wildman–Crippen MR) is 235 cm³/mol. The summed E-state index contributed by atoms with van der Waals surface area (Å²) >= 11 is 0. The number of nitrogens with zero attached hydrogens (tertiary/aromatic N) is 3. The number of fused-ring (bicyclic) bond motifs is 5. The summed E-state index contributed by atoms with van der Waals surface area (Å²) in [4.78, 5) is 6.84. The number of para-hydroxylation sites is 1. The van der Waals surface area contributed by atoms with Crippen LogP contribution < -0.4 is 0 Å². The van der Waals surface area contributed by atoms with Gasteiger partial charge in [-0.1, -0.05) is 125 Å². The zero-order chi connectivity index (χ0) is 37.8. The molecular formula is C51H51N3. The predicted octanol–water partition coefficient (Wildman–Crippen LogP) is 14.0. The first-order valence-corrected chi connectivity index (χ1v) is 19.6. The Morgan fingerprint density at radius 2 is 1.30 bits per heavy atom. The Bertz CT molecular complexity index is 2570. The van der Waals surface area contributed by atoms with E-state index in [1.807, 2.05) is 46.0 Å². The Morgan fingerprint density at radius 3 is 2.06 bits per heavy atom. The third-order valence-corrected chi connectivity index (χ3v) is 10.6. The van der Waals surface area contributed by atoms with Crippen molar-refractivity contribution >= 4 is 38.7 Å². The molecule has 1 aliphatic rings. The largest absolute Gasteiger partial charge is 0.309 e. The molecule has 1 aliphatic carbocycles. The number of hydrogen-bond acceptors (Lipinski definition) is 2. The summed E-state index contributed by atoms with van der Waals surface area (Å²) in [6, 6.07) is 49.4. The van der Waals surface area contributed by atoms with Gasteiger partial charge in [0.05, 0.1) is 16.7 Å². The van der Waals surface area contributed by atoms with Crippen LogP contribution in [0.4, 0.5) is 0 Å². The van der Waals surface area contributed by atoms with Gasteiger partial charge >= 0.3 is 0 Å². The number of aryl methyl sites for hydroxylation is 1. The van der Waals surface area contributed by atoms with Gasteiger partial charge in [0, 0.05) is 34.3 Å². The van der Waals surface area contributed by atoms with E-state index in [4.69, 9.17) is 0 Å². The fourth-order valence-corrected chi connectivity index (χ4v) is 7.81. The van der Waals surface area contributed by atoms with E-state index in [1.54, 1.807) is 0 Å². The number of rotatable bonds is 6. The van der Waals surface area contributed by atoms with Crippen molar-refractivity contribution < 1.29 is 0 Å². The summed E-state index contributed by atoms with van der Waals surface area (Å²) in [5, 5.41) is 5.12. The molecule has 0 saturated heterocycles. The molecular weight excluding hydrogens is 655 g/mol. The molecule has 0 fully saturated rings. The maximum Gasteiger partial charge on any atom is 0.0701 e. The third-order valence-electron chi connectivity index (χ3n) is 10.6. The summed E-state index contributed by atoms with van der Waals surface area (Å²) in [7, 11) is 4.34. The Kier molecular flexibility index (Phi) is 10.9. The Labute approximate surface area is 321 Å². The lowest BCUT2D eigenvalue weighted by Gasteiger charge is -2.24. The molecule has 54 heavy (non-hydrogen) atoms. The van der Waals surface area contributed by atoms with Crippen molar-refractivity contribution in [3.05, 3.63) is 162 Å². The molecule has 8 aromatic rings. The number of benzene rings is 6. The highest BCUT2D eigenvalue weighted by Gasteiger charge is 2.21. The van der Waals surface area contributed by atoms with Crippen molar-refractivity contribution in [1.29, 1.82) is 0 Å². The lowest BCUT2D eigenvalue weighted by atomic mass is 9.85. The van der Waals surface area contributed by atoms with Crippen molar-refractivity contribution in [3.8, 4) is 39.2 Å². The van der Waals surface area contributed by atoms with Crippen LogP contribution in [0.2, 0.25) is 0 Å². The number of hydrogen-bond donors (Lipinski definition) is 0. The van der Waals surface area contributed by atoms with E-state index >= 15 is 0 Å². The lowest BCUT2D eigenvalue weighted by Crippen LogP contribution is -2.17. The van der Waals surface area contributed by atoms with Crippen LogP contribution >= 0.6 is 0 Å². The number of pyridine rings is 1. The Morgan fingerprint density at radius 1 is 0.611 bits per heavy atom. The minimum atomic E-state index is 0.240. The first-order valence-electron chi connectivity index (χ1n) is 19.6. The summed E-state index contributed by atoms with van der Waals surface area (Å²) in [6.07, 6.45) is 8.70. The summed E-state index contributed by atoms with van der Waals surface area (Å²) < 4.78 is 2.47. The second-order valence-electron chi connectivity index (χ2n) is 13.8. The maximum atomic E-state index is 4.54. The molecule has 3 heteroatoms. The average molecular weight is 706 g/mol. The summed E-state index contributed by atoms with van der Waals surface area (Å²) in [5.74, 6) is 0. The zero-order valence-corrected chi connectivity index (χ0v) is 32.8. The molecule has 0 N–H and O–H groups in total. The van der Waals surface area contributed by atoms with Crippen LogP contribution in [-0.4, -0.2) is 28.5 Å². The first kappa shape index (κ1) is 36.6. The molecule has 1 unspecified atom stereocenters. The molecule has 2 heterocycles. The molecule has 0 spiro atoms. The minimum Gasteiger partial charge on any atom is -0.309 e. The van der Waals surface area contributed by atoms with Gasteiger partial charge in [0.1, 0.15) is 0 Å². The van der Waals surface area contributed by atoms with Crippen molar-refractivity contribution in [1.82, 2.24) is 14.5 Å². The van der Waals surface area contributed by atoms with Crippen molar-refractivity contribution in [3.63, 3.8) is 0 Å². The van der Waals surface area contributed by atoms with Gasteiger partial charge in [-0.25, -0.2) is 0 Å². The van der Waals surface area contributed by atoms with Gasteiger partial charge in [0.25, 0.3) is 0 Å². The Hall–Kier alpha value is -5.77. The van der Waals surface area contributed by atoms with Crippen LogP contribution in [0.1, 0.15) is 63.8 Å². The van der Waals surface area contributed by atoms with Gasteiger partial charge < -0.3 is 9.47 Å². The van der Waals surface area contributed by atoms with Crippen molar-refractivity contribution in [2.24, 2.45) is 0 Å². The highest BCUT2D eigenvalue weighted by Crippen LogP contribution is 2.42. The molecule has 0 aliphatic heterocycles. The van der Waals surface area contributed by atoms with Crippen molar-refractivity contribution in [2.45, 2.75) is 53.5 Å². The van der Waals surface area contributed by atoms with Crippen LogP contribution in [0.25, 0.3) is 77.9 Å². The third kappa shape index (κ3) is 6.77. The normalized spacial score (nSPS) is 12.6. The average Bonchev–Trinajstić information content (AvgIpc) is 3.58. The molecule has 0 saturated carbocycles. The van der Waals surface area contributed by atoms with Gasteiger partial charge in [-0.2, -0.15) is 0 Å². The second kappa shape index (κ2) is 16.1. The van der Waals surface area contributed by atoms with Gasteiger partial charge in [-0.3, -0.25) is 4.98 Å². The van der Waals surface area contributed by atoms with E-state index in [0.717, 1.165) is 24.1 Å². The van der Waals surface area contributed by atoms with E-state index in [1.165, 1.54) is 77.2 Å². The van der Waals surface area contributed by atoms with E-state index in [2.05, 4.69) is 169 Å². The van der Waals surface area contributed by atoms with E-state index < -0.39 is 0 Å². The highest BCUT2D eigenvalue weighted by molar-refractivity contribution is 6.11. The van der Waals surface area contributed by atoms with Crippen LogP contribution in [0.3, 0.4) is 0 Å². The fourth-order valence-electron chi connectivity index (χ4n) is 7.81. The van der Waals surface area contributed by atoms with Gasteiger partial charge in [0.15, 0.2) is 0 Å². The molecule has 1 atom stereocenters. The molecule has 9 rings (SSSR count). The molecule has 270 valence electrons. The molecule has 6 aromatic carbocycles. The smallest absolute Gasteiger partial charge is 0.0701 e. The molecule has 0 radical (unpaired) electrons. The van der Waals surface area contributed by atoms with E-state index in [-0.39, 0.29) is 6.04 Å². The fraction of sp³-hybridized carbons (Fsp3) is 0.196. The SMILES string of the molecule is CC.CC.CC(c1cc(-c2c3c(cc4ccccc24)CCC=C3)cc(-n2c3ccccc3c3cc(-c4ccc(-c5ccccn5)cc4)ccc32)c1)N(C)C. The molecule has 2 aromatic heterocycles. The quantitative estimate of drug-likeness (QED) is 0.172. The van der Waals surface area contributed by atoms with E-state index in [0.29, 0.717) is 0 Å². The standard InChI is InChI=1S/C47H39N3.2C2H6/c1-31(49(2)3)37-27-38(47-40-14-6-4-12-35(40)26-36-13-5-7-15-41(36)47)29-39(28-37)50-45-18-9-8-16-42(45)43-30-34(23-24-46(43)50)32-19-21-33(22-20-32)44-17-10-11-25-48-44;2*1-2/h4,6-12,14-31H,5,13H2,1-3H3;2*1-2H3. The van der Waals surface area contributed by atoms with Crippen LogP contribution in [0.15, 0.2) is 146 Å². The maximum absolute atomic E-state index is 4.54. The first-order chi connectivity index (χ1) is 26.5. The number of aromatic nitrogens is 2. The van der Waals surface area contributed by atoms with Gasteiger partial charge in [-0.05, 0) is 132 Å². The van der Waals surface area contributed by atoms with Crippen LogP contribution in [-0.2, 0) is 6.42 Å².